The predicted molar refractivity (Wildman–Crippen MR) is 58.9 cm³/mol. The van der Waals surface area contributed by atoms with Gasteiger partial charge in [0.1, 0.15) is 0 Å². The Labute approximate surface area is 87.3 Å². The Balaban J connectivity index is 2.33. The molecule has 1 aliphatic heterocycles. The summed E-state index contributed by atoms with van der Waals surface area (Å²) in [4.78, 5) is 2.23. The summed E-state index contributed by atoms with van der Waals surface area (Å²) >= 11 is 0. The number of nitrogens with zero attached hydrogens (tertiary/aromatic N) is 1. The van der Waals surface area contributed by atoms with Gasteiger partial charge in [0.15, 0.2) is 0 Å². The van der Waals surface area contributed by atoms with Crippen LogP contribution >= 0.6 is 0 Å². The van der Waals surface area contributed by atoms with E-state index < -0.39 is 0 Å². The molecule has 0 aromatic rings. The first-order valence-electron chi connectivity index (χ1n) is 5.38. The molecule has 1 fully saturated rings. The number of aliphatic hydroxyl groups excluding tert-OH is 1. The number of aliphatic hydroxyl groups is 1. The fourth-order valence-corrected chi connectivity index (χ4v) is 1.59. The lowest BCUT2D eigenvalue weighted by atomic mass is 9.98. The minimum Gasteiger partial charge on any atom is -0.392 e. The van der Waals surface area contributed by atoms with Gasteiger partial charge in [-0.15, -0.1) is 0 Å². The fourth-order valence-electron chi connectivity index (χ4n) is 1.59. The number of β-amino-alcohol motifs (C(OH)–C–C–N with tert-alkyl or cyclic N) is 1. The quantitative estimate of drug-likeness (QED) is 0.641. The Hall–Kier alpha value is -0.520. The van der Waals surface area contributed by atoms with E-state index in [9.17, 15) is 5.11 Å². The van der Waals surface area contributed by atoms with Crippen molar-refractivity contribution in [3.8, 4) is 11.8 Å². The van der Waals surface area contributed by atoms with Crippen molar-refractivity contribution >= 4 is 0 Å². The third kappa shape index (κ3) is 4.64. The minimum absolute atomic E-state index is 0.0917. The Morgan fingerprint density at radius 2 is 2.14 bits per heavy atom. The summed E-state index contributed by atoms with van der Waals surface area (Å²) in [7, 11) is 0. The average molecular weight is 195 g/mol. The van der Waals surface area contributed by atoms with E-state index in [1.807, 2.05) is 0 Å². The molecule has 1 atom stereocenters. The van der Waals surface area contributed by atoms with Crippen molar-refractivity contribution in [2.24, 2.45) is 5.41 Å². The molecule has 0 unspecified atom stereocenters. The molecular weight excluding hydrogens is 174 g/mol. The predicted octanol–water partition coefficient (Wildman–Crippen LogP) is 1.49. The Morgan fingerprint density at radius 1 is 1.43 bits per heavy atom. The monoisotopic (exact) mass is 195 g/mol. The van der Waals surface area contributed by atoms with Crippen LogP contribution in [0.1, 0.15) is 33.6 Å². The molecule has 2 nitrogen and oxygen atoms in total. The second kappa shape index (κ2) is 4.82. The van der Waals surface area contributed by atoms with E-state index in [0.717, 1.165) is 32.5 Å². The Bertz CT molecular complexity index is 231. The van der Waals surface area contributed by atoms with E-state index in [1.165, 1.54) is 0 Å². The maximum Gasteiger partial charge on any atom is 0.0668 e. The molecule has 0 radical (unpaired) electrons. The normalized spacial score (nSPS) is 24.1. The van der Waals surface area contributed by atoms with Gasteiger partial charge in [0.2, 0.25) is 0 Å². The van der Waals surface area contributed by atoms with Gasteiger partial charge in [-0.25, -0.2) is 0 Å². The maximum atomic E-state index is 9.45. The van der Waals surface area contributed by atoms with Crippen molar-refractivity contribution in [2.75, 3.05) is 19.6 Å². The Kier molecular flexibility index (Phi) is 3.97. The molecule has 1 heterocycles. The molecule has 2 heteroatoms. The number of piperidine rings is 1. The Morgan fingerprint density at radius 3 is 2.71 bits per heavy atom. The second-order valence-electron chi connectivity index (χ2n) is 5.08. The molecular formula is C12H21NO. The first kappa shape index (κ1) is 11.6. The fraction of sp³-hybridized carbons (Fsp3) is 0.833. The average Bonchev–Trinajstić information content (AvgIpc) is 2.01. The maximum absolute atomic E-state index is 9.45. The van der Waals surface area contributed by atoms with Crippen LogP contribution in [0.3, 0.4) is 0 Å². The van der Waals surface area contributed by atoms with Gasteiger partial charge in [0.05, 0.1) is 12.6 Å². The largest absolute Gasteiger partial charge is 0.392 e. The van der Waals surface area contributed by atoms with Gasteiger partial charge in [-0.1, -0.05) is 11.8 Å². The lowest BCUT2D eigenvalue weighted by Crippen LogP contribution is -2.38. The van der Waals surface area contributed by atoms with Crippen LogP contribution in [-0.2, 0) is 0 Å². The van der Waals surface area contributed by atoms with Crippen molar-refractivity contribution in [1.29, 1.82) is 0 Å². The van der Waals surface area contributed by atoms with E-state index in [2.05, 4.69) is 37.5 Å². The van der Waals surface area contributed by atoms with Crippen LogP contribution in [0.5, 0.6) is 0 Å². The second-order valence-corrected chi connectivity index (χ2v) is 5.08. The van der Waals surface area contributed by atoms with Crippen LogP contribution in [0.4, 0.5) is 0 Å². The van der Waals surface area contributed by atoms with Crippen molar-refractivity contribution in [1.82, 2.24) is 4.90 Å². The molecule has 1 rings (SSSR count). The summed E-state index contributed by atoms with van der Waals surface area (Å²) in [5, 5.41) is 9.45. The molecule has 0 spiro atoms. The van der Waals surface area contributed by atoms with E-state index in [4.69, 9.17) is 0 Å². The lowest BCUT2D eigenvalue weighted by molar-refractivity contribution is 0.0780. The summed E-state index contributed by atoms with van der Waals surface area (Å²) in [5.41, 5.74) is 0.0917. The summed E-state index contributed by atoms with van der Waals surface area (Å²) in [6, 6.07) is 0. The summed E-state index contributed by atoms with van der Waals surface area (Å²) in [6.45, 7) is 9.02. The highest BCUT2D eigenvalue weighted by molar-refractivity contribution is 5.08. The molecule has 0 amide bonds. The SMILES string of the molecule is CC(C)(C)C#CCN1CCC[C@H](O)C1. The molecule has 1 aliphatic rings. The zero-order valence-electron chi connectivity index (χ0n) is 9.51. The highest BCUT2D eigenvalue weighted by atomic mass is 16.3. The van der Waals surface area contributed by atoms with Crippen LogP contribution < -0.4 is 0 Å². The molecule has 1 N–H and O–H groups in total. The number of rotatable bonds is 1. The summed E-state index contributed by atoms with van der Waals surface area (Å²) in [5.74, 6) is 6.39. The number of hydrogen-bond donors (Lipinski definition) is 1. The molecule has 80 valence electrons. The highest BCUT2D eigenvalue weighted by Gasteiger charge is 2.16. The first-order valence-corrected chi connectivity index (χ1v) is 5.38. The van der Waals surface area contributed by atoms with Crippen molar-refractivity contribution < 1.29 is 5.11 Å². The minimum atomic E-state index is -0.139. The molecule has 0 aromatic carbocycles. The molecule has 14 heavy (non-hydrogen) atoms. The van der Waals surface area contributed by atoms with Gasteiger partial charge in [-0.3, -0.25) is 4.90 Å². The van der Waals surface area contributed by atoms with Crippen LogP contribution in [0, 0.1) is 17.3 Å². The summed E-state index contributed by atoms with van der Waals surface area (Å²) < 4.78 is 0. The third-order valence-corrected chi connectivity index (χ3v) is 2.25. The van der Waals surface area contributed by atoms with Crippen molar-refractivity contribution in [2.45, 2.75) is 39.7 Å². The zero-order chi connectivity index (χ0) is 10.6. The van der Waals surface area contributed by atoms with Crippen LogP contribution in [0.25, 0.3) is 0 Å². The van der Waals surface area contributed by atoms with E-state index in [0.29, 0.717) is 0 Å². The number of hydrogen-bond acceptors (Lipinski definition) is 2. The van der Waals surface area contributed by atoms with Crippen LogP contribution in [0.2, 0.25) is 0 Å². The van der Waals surface area contributed by atoms with Gasteiger partial charge >= 0.3 is 0 Å². The molecule has 0 saturated carbocycles. The molecule has 0 aliphatic carbocycles. The lowest BCUT2D eigenvalue weighted by Gasteiger charge is -2.28. The standard InChI is InChI=1S/C12H21NO/c1-12(2,3)7-5-9-13-8-4-6-11(14)10-13/h11,14H,4,6,8-10H2,1-3H3/t11-/m0/s1. The highest BCUT2D eigenvalue weighted by Crippen LogP contribution is 2.11. The topological polar surface area (TPSA) is 23.5 Å². The van der Waals surface area contributed by atoms with Gasteiger partial charge in [0.25, 0.3) is 0 Å². The van der Waals surface area contributed by atoms with Crippen molar-refractivity contribution in [3.63, 3.8) is 0 Å². The van der Waals surface area contributed by atoms with Gasteiger partial charge in [0, 0.05) is 12.0 Å². The van der Waals surface area contributed by atoms with Gasteiger partial charge in [-0.2, -0.15) is 0 Å². The van der Waals surface area contributed by atoms with E-state index >= 15 is 0 Å². The first-order chi connectivity index (χ1) is 6.47. The van der Waals surface area contributed by atoms with Crippen LogP contribution in [-0.4, -0.2) is 35.7 Å². The molecule has 1 saturated heterocycles. The smallest absolute Gasteiger partial charge is 0.0668 e. The van der Waals surface area contributed by atoms with Gasteiger partial charge < -0.3 is 5.11 Å². The zero-order valence-corrected chi connectivity index (χ0v) is 9.51. The van der Waals surface area contributed by atoms with Gasteiger partial charge in [-0.05, 0) is 40.2 Å². The van der Waals surface area contributed by atoms with E-state index in [-0.39, 0.29) is 11.5 Å². The summed E-state index contributed by atoms with van der Waals surface area (Å²) in [6.07, 6.45) is 1.90. The number of likely N-dealkylation sites (tertiary alicyclic amines) is 1. The molecule has 0 bridgehead atoms. The third-order valence-electron chi connectivity index (χ3n) is 2.25. The molecule has 0 aromatic heterocycles. The van der Waals surface area contributed by atoms with E-state index in [1.54, 1.807) is 0 Å². The van der Waals surface area contributed by atoms with Crippen molar-refractivity contribution in [3.05, 3.63) is 0 Å². The van der Waals surface area contributed by atoms with Crippen LogP contribution in [0.15, 0.2) is 0 Å².